The molecule has 9 heteroatoms. The number of carbonyl (C=O) groups excluding carboxylic acids is 1. The molecule has 0 unspecified atom stereocenters. The van der Waals surface area contributed by atoms with Crippen LogP contribution in [0.5, 0.6) is 5.75 Å². The molecule has 25 heavy (non-hydrogen) atoms. The molecule has 0 aromatic heterocycles. The molecule has 1 aromatic carbocycles. The summed E-state index contributed by atoms with van der Waals surface area (Å²) in [6.45, 7) is 0.923. The lowest BCUT2D eigenvalue weighted by Crippen LogP contribution is -2.55. The molecule has 1 aliphatic heterocycles. The number of carboxylic acid groups (broad SMARTS) is 1. The summed E-state index contributed by atoms with van der Waals surface area (Å²) in [5, 5.41) is 12.1. The van der Waals surface area contributed by atoms with Gasteiger partial charge in [0.15, 0.2) is 0 Å². The number of rotatable bonds is 6. The van der Waals surface area contributed by atoms with Crippen LogP contribution < -0.4 is 15.8 Å². The fraction of sp³-hybridized carbons (Fsp3) is 0.500. The van der Waals surface area contributed by atoms with Crippen molar-refractivity contribution >= 4 is 29.2 Å². The number of likely N-dealkylation sites (tertiary alicyclic amines) is 1. The lowest BCUT2D eigenvalue weighted by Gasteiger charge is -2.37. The number of carboxylic acids is 1. The first-order chi connectivity index (χ1) is 11.8. The summed E-state index contributed by atoms with van der Waals surface area (Å²) in [6.07, 6.45) is 0.259. The maximum absolute atomic E-state index is 12.6. The number of hydrogen-bond acceptors (Lipinski definition) is 6. The lowest BCUT2D eigenvalue weighted by atomic mass is 10.0. The first-order valence-electron chi connectivity index (χ1n) is 7.76. The Morgan fingerprint density at radius 1 is 1.44 bits per heavy atom. The van der Waals surface area contributed by atoms with Crippen molar-refractivity contribution in [1.82, 2.24) is 10.2 Å². The predicted molar refractivity (Wildman–Crippen MR) is 93.2 cm³/mol. The van der Waals surface area contributed by atoms with Crippen molar-refractivity contribution in [1.29, 1.82) is 0 Å². The molecule has 4 N–H and O–H groups in total. The van der Waals surface area contributed by atoms with E-state index in [0.717, 1.165) is 0 Å². The number of carbonyl (C=O) groups is 2. The summed E-state index contributed by atoms with van der Waals surface area (Å²) in [5.74, 6) is -0.909. The number of anilines is 1. The average molecular weight is 372 g/mol. The second kappa shape index (κ2) is 8.37. The van der Waals surface area contributed by atoms with Crippen LogP contribution >= 0.6 is 11.6 Å². The Bertz CT molecular complexity index is 655. The Kier molecular flexibility index (Phi) is 6.46. The number of ether oxygens (including phenoxy) is 2. The fourth-order valence-electron chi connectivity index (χ4n) is 2.88. The lowest BCUT2D eigenvalue weighted by molar-refractivity contribution is -0.139. The fourth-order valence-corrected chi connectivity index (χ4v) is 3.04. The van der Waals surface area contributed by atoms with Crippen LogP contribution in [0.15, 0.2) is 12.1 Å². The van der Waals surface area contributed by atoms with Gasteiger partial charge >= 0.3 is 5.97 Å². The zero-order chi connectivity index (χ0) is 18.6. The third-order valence-electron chi connectivity index (χ3n) is 4.18. The van der Waals surface area contributed by atoms with Crippen molar-refractivity contribution in [2.24, 2.45) is 0 Å². The number of nitrogens with two attached hydrogens (primary N) is 1. The third kappa shape index (κ3) is 4.75. The molecule has 1 amide bonds. The Labute approximate surface area is 150 Å². The maximum atomic E-state index is 12.6. The van der Waals surface area contributed by atoms with Crippen LogP contribution in [0.4, 0.5) is 5.69 Å². The first-order valence-corrected chi connectivity index (χ1v) is 8.14. The molecule has 1 aliphatic rings. The molecule has 1 saturated heterocycles. The summed E-state index contributed by atoms with van der Waals surface area (Å²) in [4.78, 5) is 25.2. The van der Waals surface area contributed by atoms with Crippen LogP contribution in [0.25, 0.3) is 0 Å². The van der Waals surface area contributed by atoms with Crippen LogP contribution in [0.3, 0.4) is 0 Å². The van der Waals surface area contributed by atoms with E-state index in [-0.39, 0.29) is 35.2 Å². The highest BCUT2D eigenvalue weighted by molar-refractivity contribution is 6.33. The van der Waals surface area contributed by atoms with Gasteiger partial charge in [0.2, 0.25) is 0 Å². The normalized spacial score (nSPS) is 20.9. The number of nitrogen functional groups attached to an aromatic ring is 1. The van der Waals surface area contributed by atoms with Gasteiger partial charge in [-0.1, -0.05) is 11.6 Å². The summed E-state index contributed by atoms with van der Waals surface area (Å²) < 4.78 is 10.6. The highest BCUT2D eigenvalue weighted by Gasteiger charge is 2.32. The highest BCUT2D eigenvalue weighted by Crippen LogP contribution is 2.29. The topological polar surface area (TPSA) is 114 Å². The molecular weight excluding hydrogens is 350 g/mol. The largest absolute Gasteiger partial charge is 0.496 e. The molecule has 2 atom stereocenters. The summed E-state index contributed by atoms with van der Waals surface area (Å²) in [6, 6.07) is 2.72. The number of hydrogen-bond donors (Lipinski definition) is 3. The van der Waals surface area contributed by atoms with Crippen molar-refractivity contribution in [3.8, 4) is 5.75 Å². The minimum atomic E-state index is -0.890. The third-order valence-corrected chi connectivity index (χ3v) is 4.51. The van der Waals surface area contributed by atoms with Gasteiger partial charge in [-0.3, -0.25) is 14.5 Å². The number of amides is 1. The number of halogens is 1. The molecular formula is C16H22ClN3O5. The van der Waals surface area contributed by atoms with Crippen molar-refractivity contribution in [2.45, 2.75) is 18.6 Å². The monoisotopic (exact) mass is 371 g/mol. The summed E-state index contributed by atoms with van der Waals surface area (Å²) in [5.41, 5.74) is 6.34. The van der Waals surface area contributed by atoms with E-state index in [1.807, 2.05) is 0 Å². The van der Waals surface area contributed by atoms with E-state index in [2.05, 4.69) is 5.32 Å². The zero-order valence-corrected chi connectivity index (χ0v) is 14.9. The summed E-state index contributed by atoms with van der Waals surface area (Å²) in [7, 11) is 2.98. The van der Waals surface area contributed by atoms with Gasteiger partial charge in [-0.15, -0.1) is 0 Å². The Hall–Kier alpha value is -2.03. The molecule has 8 nitrogen and oxygen atoms in total. The number of methoxy groups -OCH3 is 2. The Morgan fingerprint density at radius 3 is 2.76 bits per heavy atom. The zero-order valence-electron chi connectivity index (χ0n) is 14.1. The number of aliphatic carboxylic acids is 1. The van der Waals surface area contributed by atoms with E-state index in [1.165, 1.54) is 26.4 Å². The van der Waals surface area contributed by atoms with Crippen molar-refractivity contribution < 1.29 is 24.2 Å². The Morgan fingerprint density at radius 2 is 2.16 bits per heavy atom. The highest BCUT2D eigenvalue weighted by atomic mass is 35.5. The minimum absolute atomic E-state index is 0.0537. The first kappa shape index (κ1) is 19.3. The second-order valence-corrected chi connectivity index (χ2v) is 6.25. The molecule has 1 aromatic rings. The van der Waals surface area contributed by atoms with Gasteiger partial charge in [0.25, 0.3) is 5.91 Å². The van der Waals surface area contributed by atoms with E-state index in [4.69, 9.17) is 31.9 Å². The van der Waals surface area contributed by atoms with Gasteiger partial charge in [-0.25, -0.2) is 0 Å². The van der Waals surface area contributed by atoms with Crippen LogP contribution in [0, 0.1) is 0 Å². The minimum Gasteiger partial charge on any atom is -0.496 e. The van der Waals surface area contributed by atoms with E-state index < -0.39 is 5.97 Å². The summed E-state index contributed by atoms with van der Waals surface area (Å²) >= 11 is 6.01. The smallest absolute Gasteiger partial charge is 0.317 e. The van der Waals surface area contributed by atoms with Crippen molar-refractivity contribution in [3.63, 3.8) is 0 Å². The van der Waals surface area contributed by atoms with Gasteiger partial charge in [0.05, 0.1) is 42.1 Å². The predicted octanol–water partition coefficient (Wildman–Crippen LogP) is 0.835. The molecule has 0 saturated carbocycles. The van der Waals surface area contributed by atoms with Crippen LogP contribution in [0.2, 0.25) is 5.02 Å². The maximum Gasteiger partial charge on any atom is 0.317 e. The number of piperidine rings is 1. The molecule has 0 aliphatic carbocycles. The quantitative estimate of drug-likeness (QED) is 0.634. The molecule has 0 spiro atoms. The molecule has 2 rings (SSSR count). The average Bonchev–Trinajstić information content (AvgIpc) is 2.57. The molecule has 0 bridgehead atoms. The van der Waals surface area contributed by atoms with Crippen LogP contribution in [-0.4, -0.2) is 67.9 Å². The SMILES string of the molecule is COc1cc(N)c(Cl)cc1C(=O)N[C@H]1CCN(CC(=O)O)C[C@H]1OC. The number of nitrogens with one attached hydrogen (secondary N) is 1. The van der Waals surface area contributed by atoms with Crippen molar-refractivity contribution in [2.75, 3.05) is 39.6 Å². The molecule has 0 radical (unpaired) electrons. The van der Waals surface area contributed by atoms with E-state index in [1.54, 1.807) is 4.90 Å². The van der Waals surface area contributed by atoms with E-state index in [9.17, 15) is 9.59 Å². The van der Waals surface area contributed by atoms with Gasteiger partial charge in [0, 0.05) is 26.3 Å². The number of benzene rings is 1. The van der Waals surface area contributed by atoms with Gasteiger partial charge in [-0.05, 0) is 12.5 Å². The van der Waals surface area contributed by atoms with E-state index >= 15 is 0 Å². The van der Waals surface area contributed by atoms with Gasteiger partial charge < -0.3 is 25.6 Å². The van der Waals surface area contributed by atoms with Gasteiger partial charge in [-0.2, -0.15) is 0 Å². The van der Waals surface area contributed by atoms with E-state index in [0.29, 0.717) is 30.9 Å². The standard InChI is InChI=1S/C16H22ClN3O5/c1-24-13-6-11(18)10(17)5-9(13)16(23)19-12-3-4-20(8-15(21)22)7-14(12)25-2/h5-6,12,14H,3-4,7-8,18H2,1-2H3,(H,19,23)(H,21,22)/t12-,14+/m0/s1. The molecule has 1 fully saturated rings. The van der Waals surface area contributed by atoms with Crippen molar-refractivity contribution in [3.05, 3.63) is 22.7 Å². The number of nitrogens with zero attached hydrogens (tertiary/aromatic N) is 1. The van der Waals surface area contributed by atoms with Gasteiger partial charge in [0.1, 0.15) is 5.75 Å². The van der Waals surface area contributed by atoms with Crippen LogP contribution in [0.1, 0.15) is 16.8 Å². The molecule has 1 heterocycles. The molecule has 138 valence electrons. The Balaban J connectivity index is 2.10. The second-order valence-electron chi connectivity index (χ2n) is 5.85. The van der Waals surface area contributed by atoms with Crippen LogP contribution in [-0.2, 0) is 9.53 Å².